The second kappa shape index (κ2) is 10.1. The average Bonchev–Trinajstić information content (AvgIpc) is 2.94. The van der Waals surface area contributed by atoms with Crippen molar-refractivity contribution in [3.8, 4) is 11.1 Å². The summed E-state index contributed by atoms with van der Waals surface area (Å²) >= 11 is 0. The molecule has 0 bridgehead atoms. The molecular weight excluding hydrogens is 430 g/mol. The molecule has 0 atom stereocenters. The van der Waals surface area contributed by atoms with Crippen LogP contribution < -0.4 is 9.80 Å². The van der Waals surface area contributed by atoms with Gasteiger partial charge in [0.1, 0.15) is 5.69 Å². The van der Waals surface area contributed by atoms with Gasteiger partial charge < -0.3 is 9.80 Å². The van der Waals surface area contributed by atoms with Crippen LogP contribution in [0.25, 0.3) is 11.1 Å². The molecule has 0 saturated heterocycles. The Morgan fingerprint density at radius 3 is 1.74 bits per heavy atom. The van der Waals surface area contributed by atoms with Gasteiger partial charge in [0, 0.05) is 35.5 Å². The Kier molecular flexibility index (Phi) is 6.35. The van der Waals surface area contributed by atoms with Crippen LogP contribution in [-0.4, -0.2) is 7.05 Å². The molecule has 0 N–H and O–H groups in total. The summed E-state index contributed by atoms with van der Waals surface area (Å²) in [5, 5.41) is 3.06. The molecule has 0 aliphatic carbocycles. The minimum atomic E-state index is 0.416. The highest BCUT2D eigenvalue weighted by molar-refractivity contribution is 5.81. The van der Waals surface area contributed by atoms with Crippen LogP contribution in [0.15, 0.2) is 139 Å². The fourth-order valence-electron chi connectivity index (χ4n) is 4.21. The molecule has 5 aromatic rings. The van der Waals surface area contributed by atoms with Crippen LogP contribution in [0.5, 0.6) is 0 Å². The standard InChI is InChI=1S/C31H25N3O/c1-33(30-16-9-13-26(23-30)32-35)27-18-20-29(21-19-27)34(28-14-6-3-7-15-28)31-17-8-12-25(22-31)24-10-4-2-5-11-24/h2-23H,1H3. The Balaban J connectivity index is 1.52. The first-order valence-corrected chi connectivity index (χ1v) is 11.5. The van der Waals surface area contributed by atoms with E-state index in [0.29, 0.717) is 5.69 Å². The van der Waals surface area contributed by atoms with Gasteiger partial charge >= 0.3 is 0 Å². The van der Waals surface area contributed by atoms with E-state index in [9.17, 15) is 4.91 Å². The molecule has 0 heterocycles. The third-order valence-corrected chi connectivity index (χ3v) is 6.04. The maximum atomic E-state index is 10.9. The van der Waals surface area contributed by atoms with Gasteiger partial charge in [-0.15, -0.1) is 4.91 Å². The van der Waals surface area contributed by atoms with Crippen LogP contribution >= 0.6 is 0 Å². The number of nitrogens with zero attached hydrogens (tertiary/aromatic N) is 3. The van der Waals surface area contributed by atoms with Crippen molar-refractivity contribution in [3.05, 3.63) is 138 Å². The van der Waals surface area contributed by atoms with E-state index in [0.717, 1.165) is 28.4 Å². The Hall–Kier alpha value is -4.70. The molecule has 0 radical (unpaired) electrons. The summed E-state index contributed by atoms with van der Waals surface area (Å²) in [4.78, 5) is 15.2. The highest BCUT2D eigenvalue weighted by atomic mass is 16.3. The molecule has 0 aliphatic rings. The Bertz CT molecular complexity index is 1420. The second-order valence-electron chi connectivity index (χ2n) is 8.27. The molecule has 0 aliphatic heterocycles. The average molecular weight is 456 g/mol. The van der Waals surface area contributed by atoms with Gasteiger partial charge in [-0.2, -0.15) is 0 Å². The number of nitroso groups, excluding NO2 is 1. The Morgan fingerprint density at radius 1 is 0.486 bits per heavy atom. The van der Waals surface area contributed by atoms with Crippen LogP contribution in [0, 0.1) is 4.91 Å². The van der Waals surface area contributed by atoms with Crippen LogP contribution in [0.1, 0.15) is 0 Å². The topological polar surface area (TPSA) is 35.9 Å². The lowest BCUT2D eigenvalue weighted by molar-refractivity contribution is 1.20. The Labute approximate surface area is 205 Å². The van der Waals surface area contributed by atoms with Gasteiger partial charge in [-0.25, -0.2) is 0 Å². The molecule has 0 amide bonds. The fourth-order valence-corrected chi connectivity index (χ4v) is 4.21. The largest absolute Gasteiger partial charge is 0.345 e. The lowest BCUT2D eigenvalue weighted by atomic mass is 10.0. The molecule has 4 heteroatoms. The highest BCUT2D eigenvalue weighted by Gasteiger charge is 2.14. The maximum Gasteiger partial charge on any atom is 0.110 e. The molecule has 0 unspecified atom stereocenters. The van der Waals surface area contributed by atoms with Crippen molar-refractivity contribution in [1.29, 1.82) is 0 Å². The van der Waals surface area contributed by atoms with E-state index in [4.69, 9.17) is 0 Å². The van der Waals surface area contributed by atoms with Crippen LogP contribution in [0.4, 0.5) is 34.1 Å². The molecule has 170 valence electrons. The van der Waals surface area contributed by atoms with Crippen molar-refractivity contribution < 1.29 is 0 Å². The fraction of sp³-hybridized carbons (Fsp3) is 0.0323. The molecule has 4 nitrogen and oxygen atoms in total. The van der Waals surface area contributed by atoms with Gasteiger partial charge in [0.05, 0.1) is 0 Å². The maximum absolute atomic E-state index is 10.9. The van der Waals surface area contributed by atoms with Crippen LogP contribution in [0.3, 0.4) is 0 Å². The summed E-state index contributed by atoms with van der Waals surface area (Å²) in [6.07, 6.45) is 0. The molecule has 0 spiro atoms. The van der Waals surface area contributed by atoms with Crippen LogP contribution in [0.2, 0.25) is 0 Å². The van der Waals surface area contributed by atoms with Crippen molar-refractivity contribution in [3.63, 3.8) is 0 Å². The third kappa shape index (κ3) is 4.82. The van der Waals surface area contributed by atoms with Gasteiger partial charge in [-0.3, -0.25) is 0 Å². The van der Waals surface area contributed by atoms with Crippen molar-refractivity contribution >= 4 is 34.1 Å². The minimum Gasteiger partial charge on any atom is -0.345 e. The zero-order valence-electron chi connectivity index (χ0n) is 19.5. The van der Waals surface area contributed by atoms with Gasteiger partial charge in [0.2, 0.25) is 0 Å². The van der Waals surface area contributed by atoms with Crippen LogP contribution in [-0.2, 0) is 0 Å². The molecule has 0 aromatic heterocycles. The quantitative estimate of drug-likeness (QED) is 0.230. The first-order valence-electron chi connectivity index (χ1n) is 11.5. The van der Waals surface area contributed by atoms with Gasteiger partial charge in [0.25, 0.3) is 0 Å². The molecule has 0 fully saturated rings. The highest BCUT2D eigenvalue weighted by Crippen LogP contribution is 2.37. The molecule has 0 saturated carbocycles. The first kappa shape index (κ1) is 22.1. The summed E-state index contributed by atoms with van der Waals surface area (Å²) in [5.74, 6) is 0. The third-order valence-electron chi connectivity index (χ3n) is 6.04. The number of hydrogen-bond acceptors (Lipinski definition) is 4. The monoisotopic (exact) mass is 455 g/mol. The van der Waals surface area contributed by atoms with E-state index in [2.05, 4.69) is 107 Å². The first-order chi connectivity index (χ1) is 17.2. The summed E-state index contributed by atoms with van der Waals surface area (Å²) in [7, 11) is 1.98. The Morgan fingerprint density at radius 2 is 1.03 bits per heavy atom. The molecular formula is C31H25N3O. The lowest BCUT2D eigenvalue weighted by Crippen LogP contribution is -2.12. The summed E-state index contributed by atoms with van der Waals surface area (Å²) in [5.41, 5.74) is 7.93. The number of para-hydroxylation sites is 1. The van der Waals surface area contributed by atoms with E-state index in [-0.39, 0.29) is 0 Å². The summed E-state index contributed by atoms with van der Waals surface area (Å²) < 4.78 is 0. The van der Waals surface area contributed by atoms with Gasteiger partial charge in [-0.05, 0) is 83.0 Å². The summed E-state index contributed by atoms with van der Waals surface area (Å²) in [6.45, 7) is 0. The van der Waals surface area contributed by atoms with Crippen molar-refractivity contribution in [2.75, 3.05) is 16.8 Å². The van der Waals surface area contributed by atoms with E-state index < -0.39 is 0 Å². The SMILES string of the molecule is CN(c1ccc(N(c2ccccc2)c2cccc(-c3ccccc3)c2)cc1)c1cccc(N=O)c1. The molecule has 35 heavy (non-hydrogen) atoms. The molecule has 5 aromatic carbocycles. The second-order valence-corrected chi connectivity index (χ2v) is 8.27. The number of benzene rings is 5. The smallest absolute Gasteiger partial charge is 0.110 e. The summed E-state index contributed by atoms with van der Waals surface area (Å²) in [6, 6.07) is 45.1. The van der Waals surface area contributed by atoms with E-state index in [1.807, 2.05) is 36.2 Å². The number of anilines is 5. The van der Waals surface area contributed by atoms with Crippen molar-refractivity contribution in [2.24, 2.45) is 5.18 Å². The minimum absolute atomic E-state index is 0.416. The predicted molar refractivity (Wildman–Crippen MR) is 147 cm³/mol. The normalized spacial score (nSPS) is 10.5. The van der Waals surface area contributed by atoms with Gasteiger partial charge in [-0.1, -0.05) is 66.7 Å². The number of rotatable bonds is 7. The zero-order valence-corrected chi connectivity index (χ0v) is 19.5. The number of hydrogen-bond donors (Lipinski definition) is 0. The van der Waals surface area contributed by atoms with E-state index in [1.54, 1.807) is 12.1 Å². The van der Waals surface area contributed by atoms with Gasteiger partial charge in [0.15, 0.2) is 0 Å². The lowest BCUT2D eigenvalue weighted by Gasteiger charge is -2.27. The van der Waals surface area contributed by atoms with Crippen molar-refractivity contribution in [2.45, 2.75) is 0 Å². The molecule has 5 rings (SSSR count). The van der Waals surface area contributed by atoms with E-state index in [1.165, 1.54) is 11.1 Å². The van der Waals surface area contributed by atoms with E-state index >= 15 is 0 Å². The van der Waals surface area contributed by atoms with Crippen molar-refractivity contribution in [1.82, 2.24) is 0 Å². The zero-order chi connectivity index (χ0) is 24.0. The predicted octanol–water partition coefficient (Wildman–Crippen LogP) is 8.99.